The van der Waals surface area contributed by atoms with Crippen LogP contribution in [-0.2, 0) is 4.79 Å². The van der Waals surface area contributed by atoms with Crippen molar-refractivity contribution in [3.05, 3.63) is 52.8 Å². The van der Waals surface area contributed by atoms with Crippen molar-refractivity contribution in [2.45, 2.75) is 31.9 Å². The molecule has 3 aromatic rings. The van der Waals surface area contributed by atoms with Crippen molar-refractivity contribution in [3.63, 3.8) is 0 Å². The third-order valence-electron chi connectivity index (χ3n) is 6.08. The molecule has 5 rings (SSSR count). The molecule has 188 valence electrons. The molecule has 0 radical (unpaired) electrons. The van der Waals surface area contributed by atoms with E-state index in [1.807, 2.05) is 18.2 Å². The summed E-state index contributed by atoms with van der Waals surface area (Å²) in [4.78, 5) is 30.6. The topological polar surface area (TPSA) is 136 Å². The van der Waals surface area contributed by atoms with E-state index < -0.39 is 11.9 Å². The second-order valence-electron chi connectivity index (χ2n) is 9.03. The third kappa shape index (κ3) is 5.43. The Labute approximate surface area is 212 Å². The molecule has 0 bridgehead atoms. The minimum Gasteiger partial charge on any atom is -0.392 e. The number of halogens is 1. The predicted octanol–water partition coefficient (Wildman–Crippen LogP) is 2.56. The van der Waals surface area contributed by atoms with Gasteiger partial charge in [-0.25, -0.2) is 9.78 Å². The Morgan fingerprint density at radius 1 is 1.25 bits per heavy atom. The summed E-state index contributed by atoms with van der Waals surface area (Å²) in [6, 6.07) is 8.86. The number of imide groups is 1. The van der Waals surface area contributed by atoms with E-state index in [9.17, 15) is 14.7 Å². The zero-order chi connectivity index (χ0) is 25.2. The molecule has 12 heteroatoms. The summed E-state index contributed by atoms with van der Waals surface area (Å²) < 4.78 is 1.69. The van der Waals surface area contributed by atoms with Crippen LogP contribution < -0.4 is 21.3 Å². The minimum atomic E-state index is -0.566. The standard InChI is InChI=1S/C24H27ClN8O3/c1-14(34)13-32-7-5-17(6-8-32)28-21-11-20(27-18-4-2-3-16(25)10-18)30-22-15(12-26-33(21)22)9-19-23(35)31-24(36)29-19/h2-4,9-12,14,17,28,34H,5-8,13H2,1H3,(H,27,30)(H2,29,31,35,36)/b19-9+. The average molecular weight is 511 g/mol. The van der Waals surface area contributed by atoms with Gasteiger partial charge in [-0.05, 0) is 44.0 Å². The van der Waals surface area contributed by atoms with Gasteiger partial charge in [0.15, 0.2) is 5.65 Å². The van der Waals surface area contributed by atoms with E-state index in [1.165, 1.54) is 0 Å². The molecule has 2 saturated heterocycles. The van der Waals surface area contributed by atoms with Gasteiger partial charge in [-0.2, -0.15) is 9.61 Å². The van der Waals surface area contributed by atoms with Gasteiger partial charge >= 0.3 is 6.03 Å². The van der Waals surface area contributed by atoms with Gasteiger partial charge in [-0.3, -0.25) is 10.1 Å². The molecule has 11 nitrogen and oxygen atoms in total. The van der Waals surface area contributed by atoms with Crippen molar-refractivity contribution in [1.29, 1.82) is 0 Å². The molecule has 4 heterocycles. The zero-order valence-corrected chi connectivity index (χ0v) is 20.4. The number of likely N-dealkylation sites (tertiary alicyclic amines) is 1. The molecule has 2 aliphatic rings. The van der Waals surface area contributed by atoms with E-state index in [1.54, 1.807) is 35.8 Å². The van der Waals surface area contributed by atoms with E-state index in [2.05, 4.69) is 31.3 Å². The number of carbonyl (C=O) groups is 2. The van der Waals surface area contributed by atoms with Crippen LogP contribution >= 0.6 is 11.6 Å². The maximum absolute atomic E-state index is 12.0. The average Bonchev–Trinajstić information content (AvgIpc) is 3.37. The Morgan fingerprint density at radius 3 is 2.75 bits per heavy atom. The summed E-state index contributed by atoms with van der Waals surface area (Å²) in [7, 11) is 0. The lowest BCUT2D eigenvalue weighted by Gasteiger charge is -2.33. The number of piperidine rings is 1. The first-order valence-corrected chi connectivity index (χ1v) is 12.1. The molecule has 1 atom stereocenters. The Balaban J connectivity index is 1.46. The van der Waals surface area contributed by atoms with E-state index in [0.29, 0.717) is 28.6 Å². The molecule has 2 fully saturated rings. The highest BCUT2D eigenvalue weighted by Crippen LogP contribution is 2.26. The second kappa shape index (κ2) is 10.1. The lowest BCUT2D eigenvalue weighted by atomic mass is 10.0. The molecular formula is C24H27ClN8O3. The monoisotopic (exact) mass is 510 g/mol. The van der Waals surface area contributed by atoms with Gasteiger partial charge in [0.25, 0.3) is 5.91 Å². The number of nitrogens with zero attached hydrogens (tertiary/aromatic N) is 4. The number of carbonyl (C=O) groups excluding carboxylic acids is 2. The molecule has 0 saturated carbocycles. The van der Waals surface area contributed by atoms with Gasteiger partial charge in [0.05, 0.1) is 12.3 Å². The SMILES string of the molecule is CC(O)CN1CCC(Nc2cc(Nc3cccc(Cl)c3)nc3c(/C=C4/NC(=O)NC4=O)cnn23)CC1. The number of anilines is 3. The smallest absolute Gasteiger partial charge is 0.326 e. The summed E-state index contributed by atoms with van der Waals surface area (Å²) >= 11 is 6.15. The van der Waals surface area contributed by atoms with Crippen molar-refractivity contribution in [1.82, 2.24) is 30.1 Å². The normalized spacial score (nSPS) is 18.9. The lowest BCUT2D eigenvalue weighted by molar-refractivity contribution is -0.115. The van der Waals surface area contributed by atoms with Crippen LogP contribution in [0.5, 0.6) is 0 Å². The Kier molecular flexibility index (Phi) is 6.77. The Bertz CT molecular complexity index is 1330. The summed E-state index contributed by atoms with van der Waals surface area (Å²) in [6.45, 7) is 4.24. The molecule has 0 spiro atoms. The van der Waals surface area contributed by atoms with Crippen molar-refractivity contribution < 1.29 is 14.7 Å². The van der Waals surface area contributed by atoms with Crippen molar-refractivity contribution in [2.75, 3.05) is 30.3 Å². The molecule has 5 N–H and O–H groups in total. The number of aromatic nitrogens is 3. The Hall–Kier alpha value is -3.67. The van der Waals surface area contributed by atoms with Crippen LogP contribution in [0.3, 0.4) is 0 Å². The third-order valence-corrected chi connectivity index (χ3v) is 6.31. The molecule has 2 aliphatic heterocycles. The lowest BCUT2D eigenvalue weighted by Crippen LogP contribution is -2.42. The highest BCUT2D eigenvalue weighted by molar-refractivity contribution is 6.30. The number of benzene rings is 1. The molecule has 36 heavy (non-hydrogen) atoms. The summed E-state index contributed by atoms with van der Waals surface area (Å²) in [5.74, 6) is 0.803. The van der Waals surface area contributed by atoms with Crippen molar-refractivity contribution in [3.8, 4) is 0 Å². The van der Waals surface area contributed by atoms with Crippen LogP contribution in [0, 0.1) is 0 Å². The van der Waals surface area contributed by atoms with Gasteiger partial charge in [0.1, 0.15) is 17.3 Å². The van der Waals surface area contributed by atoms with Crippen LogP contribution in [0.25, 0.3) is 11.7 Å². The number of urea groups is 1. The number of fused-ring (bicyclic) bond motifs is 1. The first kappa shape index (κ1) is 24.0. The van der Waals surface area contributed by atoms with Crippen LogP contribution in [0.1, 0.15) is 25.3 Å². The largest absolute Gasteiger partial charge is 0.392 e. The number of rotatable bonds is 7. The number of nitrogens with one attached hydrogen (secondary N) is 4. The Morgan fingerprint density at radius 2 is 2.06 bits per heavy atom. The second-order valence-corrected chi connectivity index (χ2v) is 9.47. The predicted molar refractivity (Wildman–Crippen MR) is 137 cm³/mol. The van der Waals surface area contributed by atoms with Crippen LogP contribution in [0.15, 0.2) is 42.2 Å². The van der Waals surface area contributed by atoms with Crippen molar-refractivity contribution in [2.24, 2.45) is 0 Å². The maximum atomic E-state index is 12.0. The van der Waals surface area contributed by atoms with E-state index in [-0.39, 0.29) is 17.8 Å². The van der Waals surface area contributed by atoms with Crippen LogP contribution in [0.4, 0.5) is 22.1 Å². The minimum absolute atomic E-state index is 0.130. The maximum Gasteiger partial charge on any atom is 0.326 e. The van der Waals surface area contributed by atoms with Gasteiger partial charge in [0, 0.05) is 48.0 Å². The molecule has 3 amide bonds. The number of amides is 3. The number of β-amino-alcohol motifs (C(OH)–C–C–N with tert-alkyl or cyclic N) is 1. The zero-order valence-electron chi connectivity index (χ0n) is 19.7. The van der Waals surface area contributed by atoms with Crippen molar-refractivity contribution >= 4 is 52.6 Å². The van der Waals surface area contributed by atoms with E-state index >= 15 is 0 Å². The number of aliphatic hydroxyl groups excluding tert-OH is 1. The fraction of sp³-hybridized carbons (Fsp3) is 0.333. The van der Waals surface area contributed by atoms with Crippen LogP contribution in [0.2, 0.25) is 5.02 Å². The summed E-state index contributed by atoms with van der Waals surface area (Å²) in [5, 5.41) is 26.3. The quantitative estimate of drug-likeness (QED) is 0.242. The molecule has 1 unspecified atom stereocenters. The molecule has 0 aliphatic carbocycles. The highest BCUT2D eigenvalue weighted by Gasteiger charge is 2.25. The van der Waals surface area contributed by atoms with Crippen LogP contribution in [-0.4, -0.2) is 68.3 Å². The number of hydrogen-bond acceptors (Lipinski definition) is 8. The van der Waals surface area contributed by atoms with Gasteiger partial charge in [0.2, 0.25) is 0 Å². The molecule has 1 aromatic carbocycles. The van der Waals surface area contributed by atoms with Gasteiger partial charge < -0.3 is 26.0 Å². The first-order chi connectivity index (χ1) is 17.3. The molecular weight excluding hydrogens is 484 g/mol. The summed E-state index contributed by atoms with van der Waals surface area (Å²) in [5.41, 5.74) is 1.99. The fourth-order valence-electron chi connectivity index (χ4n) is 4.44. The molecule has 2 aromatic heterocycles. The number of hydrogen-bond donors (Lipinski definition) is 5. The fourth-order valence-corrected chi connectivity index (χ4v) is 4.63. The number of aliphatic hydroxyl groups is 1. The van der Waals surface area contributed by atoms with Gasteiger partial charge in [-0.15, -0.1) is 0 Å². The highest BCUT2D eigenvalue weighted by atomic mass is 35.5. The first-order valence-electron chi connectivity index (χ1n) is 11.8. The summed E-state index contributed by atoms with van der Waals surface area (Å²) in [6.07, 6.45) is 4.64. The van der Waals surface area contributed by atoms with E-state index in [0.717, 1.165) is 37.4 Å². The van der Waals surface area contributed by atoms with Gasteiger partial charge in [-0.1, -0.05) is 17.7 Å². The van der Waals surface area contributed by atoms with E-state index in [4.69, 9.17) is 16.6 Å².